The van der Waals surface area contributed by atoms with Gasteiger partial charge in [-0.05, 0) is 5.41 Å². The molecular formula is C14H28N2O4S. The Morgan fingerprint density at radius 2 is 1.71 bits per heavy atom. The number of amides is 1. The molecule has 6 nitrogen and oxygen atoms in total. The van der Waals surface area contributed by atoms with Gasteiger partial charge in [0.05, 0.1) is 6.10 Å². The summed E-state index contributed by atoms with van der Waals surface area (Å²) >= 11 is 0. The summed E-state index contributed by atoms with van der Waals surface area (Å²) in [6, 6.07) is 0. The third-order valence-electron chi connectivity index (χ3n) is 3.94. The third kappa shape index (κ3) is 5.92. The van der Waals surface area contributed by atoms with E-state index in [0.717, 1.165) is 0 Å². The summed E-state index contributed by atoms with van der Waals surface area (Å²) < 4.78 is 23.0. The highest BCUT2D eigenvalue weighted by molar-refractivity contribution is 7.92. The Hall–Kier alpha value is -0.660. The fourth-order valence-electron chi connectivity index (χ4n) is 2.08. The predicted octanol–water partition coefficient (Wildman–Crippen LogP) is -0.0277. The molecular weight excluding hydrogens is 292 g/mol. The van der Waals surface area contributed by atoms with Crippen LogP contribution in [-0.2, 0) is 14.6 Å². The Morgan fingerprint density at radius 3 is 2.14 bits per heavy atom. The lowest BCUT2D eigenvalue weighted by atomic mass is 9.89. The van der Waals surface area contributed by atoms with Crippen LogP contribution in [0.25, 0.3) is 0 Å². The first-order valence-corrected chi connectivity index (χ1v) is 9.26. The zero-order valence-electron chi connectivity index (χ0n) is 13.5. The molecule has 0 spiro atoms. The van der Waals surface area contributed by atoms with E-state index in [1.165, 1.54) is 0 Å². The summed E-state index contributed by atoms with van der Waals surface area (Å²) in [5.74, 6) is -0.710. The van der Waals surface area contributed by atoms with Gasteiger partial charge in [-0.15, -0.1) is 0 Å². The highest BCUT2D eigenvalue weighted by Crippen LogP contribution is 2.20. The number of β-amino-alcohol motifs (C(OH)–C–C–N with tert-alkyl or cyclic N) is 1. The molecule has 0 aromatic heterocycles. The van der Waals surface area contributed by atoms with E-state index in [2.05, 4.69) is 4.90 Å². The van der Waals surface area contributed by atoms with E-state index in [9.17, 15) is 18.3 Å². The van der Waals surface area contributed by atoms with E-state index in [0.29, 0.717) is 32.7 Å². The number of carbonyl (C=O) groups excluding carboxylic acids is 1. The van der Waals surface area contributed by atoms with Crippen molar-refractivity contribution in [3.8, 4) is 0 Å². The van der Waals surface area contributed by atoms with Crippen molar-refractivity contribution in [3.05, 3.63) is 0 Å². The van der Waals surface area contributed by atoms with Gasteiger partial charge in [-0.1, -0.05) is 27.7 Å². The van der Waals surface area contributed by atoms with Crippen LogP contribution in [-0.4, -0.2) is 79.6 Å². The molecule has 0 aromatic carbocycles. The minimum absolute atomic E-state index is 0.00349. The number of aliphatic hydroxyl groups is 1. The van der Waals surface area contributed by atoms with E-state index < -0.39 is 21.7 Å². The molecule has 21 heavy (non-hydrogen) atoms. The van der Waals surface area contributed by atoms with Gasteiger partial charge in [-0.2, -0.15) is 0 Å². The number of sulfone groups is 1. The van der Waals surface area contributed by atoms with Crippen molar-refractivity contribution >= 4 is 15.7 Å². The normalized spacial score (nSPS) is 19.6. The number of carbonyl (C=O) groups is 1. The molecule has 1 N–H and O–H groups in total. The standard InChI is InChI=1S/C14H28N2O4S/c1-5-21(19,20)11-13(18)16-8-6-15(7-9-16)10-12(17)14(2,3)4/h12,17H,5-11H2,1-4H3. The maximum absolute atomic E-state index is 11.9. The molecule has 1 unspecified atom stereocenters. The minimum Gasteiger partial charge on any atom is -0.391 e. The first kappa shape index (κ1) is 18.4. The summed E-state index contributed by atoms with van der Waals surface area (Å²) in [5.41, 5.74) is -0.165. The Bertz CT molecular complexity index is 448. The maximum Gasteiger partial charge on any atom is 0.237 e. The molecule has 1 fully saturated rings. The molecule has 0 aliphatic carbocycles. The lowest BCUT2D eigenvalue weighted by Gasteiger charge is -2.38. The van der Waals surface area contributed by atoms with E-state index in [1.807, 2.05) is 20.8 Å². The van der Waals surface area contributed by atoms with Gasteiger partial charge in [-0.25, -0.2) is 8.42 Å². The molecule has 1 saturated heterocycles. The van der Waals surface area contributed by atoms with E-state index >= 15 is 0 Å². The fourth-order valence-corrected chi connectivity index (χ4v) is 2.84. The fraction of sp³-hybridized carbons (Fsp3) is 0.929. The van der Waals surface area contributed by atoms with Gasteiger partial charge in [0.1, 0.15) is 5.75 Å². The molecule has 7 heteroatoms. The second-order valence-electron chi connectivity index (χ2n) is 6.74. The smallest absolute Gasteiger partial charge is 0.237 e. The van der Waals surface area contributed by atoms with Crippen molar-refractivity contribution in [1.82, 2.24) is 9.80 Å². The average molecular weight is 320 g/mol. The van der Waals surface area contributed by atoms with Crippen molar-refractivity contribution < 1.29 is 18.3 Å². The first-order chi connectivity index (χ1) is 9.55. The lowest BCUT2D eigenvalue weighted by molar-refractivity contribution is -0.130. The van der Waals surface area contributed by atoms with Crippen LogP contribution in [0.5, 0.6) is 0 Å². The van der Waals surface area contributed by atoms with Crippen LogP contribution < -0.4 is 0 Å². The lowest BCUT2D eigenvalue weighted by Crippen LogP contribution is -2.52. The predicted molar refractivity (Wildman–Crippen MR) is 82.8 cm³/mol. The monoisotopic (exact) mass is 320 g/mol. The SMILES string of the molecule is CCS(=O)(=O)CC(=O)N1CCN(CC(O)C(C)(C)C)CC1. The van der Waals surface area contributed by atoms with Crippen LogP contribution in [0.3, 0.4) is 0 Å². The van der Waals surface area contributed by atoms with Crippen LogP contribution in [0.2, 0.25) is 0 Å². The molecule has 124 valence electrons. The molecule has 1 aliphatic heterocycles. The van der Waals surface area contributed by atoms with Crippen molar-refractivity contribution in [2.75, 3.05) is 44.2 Å². The highest BCUT2D eigenvalue weighted by Gasteiger charge is 2.28. The van der Waals surface area contributed by atoms with Gasteiger partial charge in [0, 0.05) is 38.5 Å². The Kier molecular flexibility index (Phi) is 6.19. The van der Waals surface area contributed by atoms with E-state index in [4.69, 9.17) is 0 Å². The highest BCUT2D eigenvalue weighted by atomic mass is 32.2. The largest absolute Gasteiger partial charge is 0.391 e. The number of piperazine rings is 1. The number of nitrogens with zero attached hydrogens (tertiary/aromatic N) is 2. The van der Waals surface area contributed by atoms with Crippen molar-refractivity contribution in [3.63, 3.8) is 0 Å². The van der Waals surface area contributed by atoms with Crippen LogP contribution in [0, 0.1) is 5.41 Å². The van der Waals surface area contributed by atoms with Crippen LogP contribution in [0.15, 0.2) is 0 Å². The second kappa shape index (κ2) is 7.07. The maximum atomic E-state index is 11.9. The van der Waals surface area contributed by atoms with Gasteiger partial charge in [0.15, 0.2) is 9.84 Å². The Morgan fingerprint density at radius 1 is 1.19 bits per heavy atom. The van der Waals surface area contributed by atoms with Crippen LogP contribution in [0.4, 0.5) is 0 Å². The van der Waals surface area contributed by atoms with Crippen LogP contribution in [0.1, 0.15) is 27.7 Å². The van der Waals surface area contributed by atoms with Gasteiger partial charge < -0.3 is 10.0 Å². The van der Waals surface area contributed by atoms with Gasteiger partial charge >= 0.3 is 0 Å². The molecule has 0 radical (unpaired) electrons. The summed E-state index contributed by atoms with van der Waals surface area (Å²) in [5, 5.41) is 10.1. The zero-order chi connectivity index (χ0) is 16.3. The van der Waals surface area contributed by atoms with E-state index in [1.54, 1.807) is 11.8 Å². The average Bonchev–Trinajstić information content (AvgIpc) is 2.38. The molecule has 0 bridgehead atoms. The van der Waals surface area contributed by atoms with Gasteiger partial charge in [0.2, 0.25) is 5.91 Å². The molecule has 1 aliphatic rings. The number of hydrogen-bond acceptors (Lipinski definition) is 5. The summed E-state index contributed by atoms with van der Waals surface area (Å²) in [6.07, 6.45) is -0.416. The Labute approximate surface area is 128 Å². The quantitative estimate of drug-likeness (QED) is 0.770. The third-order valence-corrected chi connectivity index (χ3v) is 5.51. The van der Waals surface area contributed by atoms with Crippen molar-refractivity contribution in [1.29, 1.82) is 0 Å². The van der Waals surface area contributed by atoms with Gasteiger partial charge in [-0.3, -0.25) is 9.69 Å². The topological polar surface area (TPSA) is 77.9 Å². The molecule has 1 amide bonds. The summed E-state index contributed by atoms with van der Waals surface area (Å²) in [6.45, 7) is 10.5. The molecule has 1 rings (SSSR count). The molecule has 0 saturated carbocycles. The summed E-state index contributed by atoms with van der Waals surface area (Å²) in [7, 11) is -3.26. The Balaban J connectivity index is 2.44. The van der Waals surface area contributed by atoms with Gasteiger partial charge in [0.25, 0.3) is 0 Å². The minimum atomic E-state index is -3.26. The number of hydrogen-bond donors (Lipinski definition) is 1. The zero-order valence-corrected chi connectivity index (χ0v) is 14.3. The van der Waals surface area contributed by atoms with Crippen molar-refractivity contribution in [2.24, 2.45) is 5.41 Å². The summed E-state index contributed by atoms with van der Waals surface area (Å²) in [4.78, 5) is 15.7. The second-order valence-corrected chi connectivity index (χ2v) is 9.09. The molecule has 0 aromatic rings. The number of aliphatic hydroxyl groups excluding tert-OH is 1. The molecule has 1 heterocycles. The van der Waals surface area contributed by atoms with Crippen molar-refractivity contribution in [2.45, 2.75) is 33.8 Å². The first-order valence-electron chi connectivity index (χ1n) is 7.44. The molecule has 1 atom stereocenters. The van der Waals surface area contributed by atoms with Crippen LogP contribution >= 0.6 is 0 Å². The van der Waals surface area contributed by atoms with E-state index in [-0.39, 0.29) is 17.1 Å². The number of rotatable bonds is 5.